The Morgan fingerprint density at radius 2 is 0.881 bits per heavy atom. The van der Waals surface area contributed by atoms with Crippen LogP contribution in [-0.4, -0.2) is 48.2 Å². The molecule has 0 aliphatic carbocycles. The van der Waals surface area contributed by atoms with Crippen molar-refractivity contribution < 1.29 is 45.9 Å². The molecule has 0 spiro atoms. The number of halogens is 1. The lowest BCUT2D eigenvalue weighted by Crippen LogP contribution is -3.00. The van der Waals surface area contributed by atoms with E-state index >= 15 is 0 Å². The highest BCUT2D eigenvalue weighted by atomic mass is 79.9. The second-order valence-corrected chi connectivity index (χ2v) is 12.8. The Morgan fingerprint density at radius 3 is 1.21 bits per heavy atom. The Morgan fingerprint density at radius 1 is 0.548 bits per heavy atom. The van der Waals surface area contributed by atoms with Gasteiger partial charge in [-0.05, 0) is 19.3 Å². The average Bonchev–Trinajstić information content (AvgIpc) is 2.92. The van der Waals surface area contributed by atoms with Gasteiger partial charge in [0.2, 0.25) is 0 Å². The quantitative estimate of drug-likeness (QED) is 0.0284. The lowest BCUT2D eigenvalue weighted by atomic mass is 10.0. The molecule has 0 aliphatic rings. The number of hydrogen-bond donors (Lipinski definition) is 1. The van der Waals surface area contributed by atoms with Crippen molar-refractivity contribution >= 4 is 11.9 Å². The van der Waals surface area contributed by atoms with E-state index in [2.05, 4.69) is 13.8 Å². The summed E-state index contributed by atoms with van der Waals surface area (Å²) in [6.45, 7) is 6.36. The summed E-state index contributed by atoms with van der Waals surface area (Å²) in [6, 6.07) is 0. The van der Waals surface area contributed by atoms with Crippen molar-refractivity contribution in [1.29, 1.82) is 0 Å². The van der Waals surface area contributed by atoms with E-state index < -0.39 is 10.4 Å². The van der Waals surface area contributed by atoms with Crippen molar-refractivity contribution in [2.24, 2.45) is 0 Å². The first-order valence-corrected chi connectivity index (χ1v) is 17.7. The van der Waals surface area contributed by atoms with Crippen LogP contribution in [0.15, 0.2) is 0 Å². The third-order valence-corrected chi connectivity index (χ3v) is 8.37. The number of rotatable bonds is 30. The number of quaternary nitrogens is 1. The summed E-state index contributed by atoms with van der Waals surface area (Å²) in [7, 11) is 3.17. The third-order valence-electron chi connectivity index (χ3n) is 8.37. The minimum atomic E-state index is -1.28. The van der Waals surface area contributed by atoms with Gasteiger partial charge in [0.25, 0.3) is 0 Å². The van der Waals surface area contributed by atoms with E-state index in [-0.39, 0.29) is 35.5 Å². The van der Waals surface area contributed by atoms with Gasteiger partial charge in [0, 0.05) is 19.3 Å². The van der Waals surface area contributed by atoms with E-state index in [9.17, 15) is 14.8 Å². The maximum Gasteiger partial charge on any atom is 0.310 e. The molecule has 0 saturated carbocycles. The first-order valence-electron chi connectivity index (χ1n) is 17.7. The van der Waals surface area contributed by atoms with Gasteiger partial charge in [-0.1, -0.05) is 149 Å². The van der Waals surface area contributed by atoms with Crippen LogP contribution in [-0.2, 0) is 19.1 Å². The largest absolute Gasteiger partial charge is 1.00 e. The molecule has 0 aliphatic heterocycles. The number of unbranched alkanes of at least 4 members (excludes halogenated alkanes) is 20. The zero-order chi connectivity index (χ0) is 30.7. The average molecular weight is 665 g/mol. The number of carbonyl (C=O) groups excluding carboxylic acids is 2. The van der Waals surface area contributed by atoms with Gasteiger partial charge in [-0.25, -0.2) is 5.21 Å². The van der Waals surface area contributed by atoms with Crippen LogP contribution >= 0.6 is 0 Å². The van der Waals surface area contributed by atoms with Crippen molar-refractivity contribution in [2.45, 2.75) is 193 Å². The molecule has 1 unspecified atom stereocenters. The first kappa shape index (κ1) is 43.5. The highest BCUT2D eigenvalue weighted by Gasteiger charge is 2.50. The molecule has 0 rings (SSSR count). The molecular formula is C35H70BrNO5. The number of ether oxygens (including phenoxy) is 2. The second kappa shape index (κ2) is 29.1. The van der Waals surface area contributed by atoms with Crippen LogP contribution in [0.5, 0.6) is 0 Å². The second-order valence-electron chi connectivity index (χ2n) is 12.8. The van der Waals surface area contributed by atoms with Crippen molar-refractivity contribution in [3.05, 3.63) is 0 Å². The van der Waals surface area contributed by atoms with Crippen LogP contribution in [0.4, 0.5) is 0 Å². The third kappa shape index (κ3) is 23.8. The van der Waals surface area contributed by atoms with Crippen LogP contribution in [0, 0.1) is 0 Å². The maximum atomic E-state index is 12.8. The molecular weight excluding hydrogens is 594 g/mol. The smallest absolute Gasteiger partial charge is 0.310 e. The molecule has 252 valence electrons. The standard InChI is InChI=1S/C35H70NO5.BrH/c1-6-9-11-13-15-17-19-21-23-25-27-29-33(37)40-32-35(31-8-3,36(4,5)39)41-34(38)30-28-26-24-22-20-18-16-14-12-10-7-2;/h39H,6-32H2,1-5H3;1H/q+1;/p-1. The van der Waals surface area contributed by atoms with Crippen LogP contribution < -0.4 is 17.0 Å². The van der Waals surface area contributed by atoms with E-state index in [0.717, 1.165) is 38.5 Å². The molecule has 0 aromatic heterocycles. The molecule has 6 nitrogen and oxygen atoms in total. The minimum Gasteiger partial charge on any atom is -1.00 e. The van der Waals surface area contributed by atoms with Gasteiger partial charge in [0.15, 0.2) is 6.61 Å². The number of esters is 2. The van der Waals surface area contributed by atoms with Crippen LogP contribution in [0.25, 0.3) is 0 Å². The summed E-state index contributed by atoms with van der Waals surface area (Å²) in [4.78, 5) is 25.3. The van der Waals surface area contributed by atoms with E-state index in [4.69, 9.17) is 9.47 Å². The van der Waals surface area contributed by atoms with Gasteiger partial charge in [-0.15, -0.1) is 4.65 Å². The van der Waals surface area contributed by atoms with Crippen LogP contribution in [0.1, 0.15) is 188 Å². The highest BCUT2D eigenvalue weighted by molar-refractivity contribution is 5.70. The Labute approximate surface area is 271 Å². The van der Waals surface area contributed by atoms with E-state index in [1.54, 1.807) is 14.1 Å². The molecule has 42 heavy (non-hydrogen) atoms. The topological polar surface area (TPSA) is 72.8 Å². The number of likely N-dealkylation sites (N-methyl/N-ethyl adjacent to an activating group) is 1. The fourth-order valence-corrected chi connectivity index (χ4v) is 5.48. The van der Waals surface area contributed by atoms with Gasteiger partial charge in [-0.3, -0.25) is 9.59 Å². The van der Waals surface area contributed by atoms with Crippen LogP contribution in [0.2, 0.25) is 0 Å². The SMILES string of the molecule is CCCCCCCCCCCCCC(=O)OCC(CCC)(OC(=O)CCCCCCCCCCCCC)[N+](C)(C)O.[Br-]. The van der Waals surface area contributed by atoms with Gasteiger partial charge in [0.05, 0.1) is 0 Å². The van der Waals surface area contributed by atoms with Gasteiger partial charge < -0.3 is 26.5 Å². The van der Waals surface area contributed by atoms with E-state index in [0.29, 0.717) is 25.7 Å². The zero-order valence-electron chi connectivity index (χ0n) is 28.5. The van der Waals surface area contributed by atoms with Crippen LogP contribution in [0.3, 0.4) is 0 Å². The molecule has 0 amide bonds. The molecule has 0 aromatic carbocycles. The summed E-state index contributed by atoms with van der Waals surface area (Å²) in [6.07, 6.45) is 28.8. The van der Waals surface area contributed by atoms with Gasteiger partial charge >= 0.3 is 17.7 Å². The lowest BCUT2D eigenvalue weighted by molar-refractivity contribution is -1.13. The van der Waals surface area contributed by atoms with Crippen molar-refractivity contribution in [3.63, 3.8) is 0 Å². The molecule has 0 radical (unpaired) electrons. The molecule has 0 bridgehead atoms. The number of carbonyl (C=O) groups is 2. The first-order chi connectivity index (χ1) is 19.7. The fourth-order valence-electron chi connectivity index (χ4n) is 5.48. The van der Waals surface area contributed by atoms with E-state index in [1.807, 2.05) is 6.92 Å². The summed E-state index contributed by atoms with van der Waals surface area (Å²) in [5.41, 5.74) is -1.28. The molecule has 7 heteroatoms. The lowest BCUT2D eigenvalue weighted by Gasteiger charge is -2.40. The van der Waals surface area contributed by atoms with Gasteiger partial charge in [0.1, 0.15) is 14.1 Å². The van der Waals surface area contributed by atoms with Gasteiger partial charge in [-0.2, -0.15) is 0 Å². The number of hydrogen-bond acceptors (Lipinski definition) is 5. The normalized spacial score (nSPS) is 12.9. The number of hydroxylamine groups is 3. The Hall–Kier alpha value is -0.660. The Balaban J connectivity index is 0. The predicted octanol–water partition coefficient (Wildman–Crippen LogP) is 7.44. The molecule has 0 saturated heterocycles. The molecule has 0 fully saturated rings. The molecule has 0 heterocycles. The monoisotopic (exact) mass is 663 g/mol. The van der Waals surface area contributed by atoms with Crippen molar-refractivity contribution in [3.8, 4) is 0 Å². The summed E-state index contributed by atoms with van der Waals surface area (Å²) < 4.78 is 10.9. The highest BCUT2D eigenvalue weighted by Crippen LogP contribution is 2.28. The minimum absolute atomic E-state index is 0. The zero-order valence-corrected chi connectivity index (χ0v) is 30.1. The predicted molar refractivity (Wildman–Crippen MR) is 171 cm³/mol. The fraction of sp³-hybridized carbons (Fsp3) is 0.943. The Bertz CT molecular complexity index is 625. The maximum absolute atomic E-state index is 12.8. The molecule has 1 atom stereocenters. The Kier molecular flexibility index (Phi) is 30.1. The summed E-state index contributed by atoms with van der Waals surface area (Å²) in [5, 5.41) is 10.9. The van der Waals surface area contributed by atoms with Crippen molar-refractivity contribution in [1.82, 2.24) is 0 Å². The molecule has 0 aromatic rings. The van der Waals surface area contributed by atoms with Crippen molar-refractivity contribution in [2.75, 3.05) is 20.7 Å². The summed E-state index contributed by atoms with van der Waals surface area (Å²) >= 11 is 0. The van der Waals surface area contributed by atoms with E-state index in [1.165, 1.54) is 103 Å². The molecule has 1 N–H and O–H groups in total. The summed E-state index contributed by atoms with van der Waals surface area (Å²) in [5.74, 6) is -0.604. The number of nitrogens with zero attached hydrogens (tertiary/aromatic N) is 1.